The van der Waals surface area contributed by atoms with E-state index in [2.05, 4.69) is 5.32 Å². The van der Waals surface area contributed by atoms with Crippen molar-refractivity contribution in [2.45, 2.75) is 77.4 Å². The minimum Gasteiger partial charge on any atom is -0.494 e. The van der Waals surface area contributed by atoms with Crippen LogP contribution in [0, 0.1) is 6.92 Å². The number of hydrogen-bond acceptors (Lipinski definition) is 3. The number of halogens is 2. The van der Waals surface area contributed by atoms with E-state index in [9.17, 15) is 9.59 Å². The largest absolute Gasteiger partial charge is 0.494 e. The second kappa shape index (κ2) is 13.0. The number of ether oxygens (including phenoxy) is 1. The molecule has 0 heterocycles. The first kappa shape index (κ1) is 26.4. The van der Waals surface area contributed by atoms with Crippen LogP contribution in [0.25, 0.3) is 0 Å². The number of benzene rings is 2. The molecular formula is C27H34Cl2N2O3. The summed E-state index contributed by atoms with van der Waals surface area (Å²) in [6.45, 7) is 4.55. The third kappa shape index (κ3) is 7.38. The van der Waals surface area contributed by atoms with Crippen molar-refractivity contribution < 1.29 is 14.3 Å². The lowest BCUT2D eigenvalue weighted by molar-refractivity contribution is -0.141. The van der Waals surface area contributed by atoms with Gasteiger partial charge in [-0.15, -0.1) is 0 Å². The highest BCUT2D eigenvalue weighted by molar-refractivity contribution is 6.36. The first-order valence-corrected chi connectivity index (χ1v) is 12.9. The van der Waals surface area contributed by atoms with Crippen LogP contribution < -0.4 is 10.1 Å². The Bertz CT molecular complexity index is 939. The highest BCUT2D eigenvalue weighted by atomic mass is 35.5. The van der Waals surface area contributed by atoms with Gasteiger partial charge in [0.25, 0.3) is 0 Å². The lowest BCUT2D eigenvalue weighted by Crippen LogP contribution is -2.51. The summed E-state index contributed by atoms with van der Waals surface area (Å²) < 4.78 is 5.78. The van der Waals surface area contributed by atoms with E-state index in [1.54, 1.807) is 23.1 Å². The standard InChI is InChI=1S/C27H34Cl2N2O3/c1-3-25(27(33)30-20-8-4-5-9-20)31(18-22-23(28)10-6-11-24(22)29)26(32)12-7-17-34-21-15-13-19(2)14-16-21/h6,10-11,13-16,20,25H,3-5,7-9,12,17-18H2,1-2H3,(H,30,33). The van der Waals surface area contributed by atoms with Crippen molar-refractivity contribution >= 4 is 35.0 Å². The van der Waals surface area contributed by atoms with Crippen LogP contribution in [-0.4, -0.2) is 35.4 Å². The van der Waals surface area contributed by atoms with Gasteiger partial charge in [-0.05, 0) is 56.9 Å². The molecule has 0 spiro atoms. The fraction of sp³-hybridized carbons (Fsp3) is 0.481. The molecule has 3 rings (SSSR count). The third-order valence-electron chi connectivity index (χ3n) is 6.30. The van der Waals surface area contributed by atoms with E-state index >= 15 is 0 Å². The highest BCUT2D eigenvalue weighted by Crippen LogP contribution is 2.28. The number of aryl methyl sites for hydroxylation is 1. The fourth-order valence-electron chi connectivity index (χ4n) is 4.33. The summed E-state index contributed by atoms with van der Waals surface area (Å²) in [6, 6.07) is 12.7. The van der Waals surface area contributed by atoms with E-state index in [1.807, 2.05) is 38.1 Å². The zero-order chi connectivity index (χ0) is 24.5. The molecule has 1 N–H and O–H groups in total. The summed E-state index contributed by atoms with van der Waals surface area (Å²) in [7, 11) is 0. The normalized spacial score (nSPS) is 14.6. The zero-order valence-corrected chi connectivity index (χ0v) is 21.5. The van der Waals surface area contributed by atoms with Crippen molar-refractivity contribution in [1.29, 1.82) is 0 Å². The van der Waals surface area contributed by atoms with E-state index < -0.39 is 6.04 Å². The quantitative estimate of drug-likeness (QED) is 0.363. The Morgan fingerprint density at radius 2 is 1.74 bits per heavy atom. The van der Waals surface area contributed by atoms with Gasteiger partial charge in [0.2, 0.25) is 11.8 Å². The molecule has 1 aliphatic rings. The van der Waals surface area contributed by atoms with Crippen LogP contribution in [0.5, 0.6) is 5.75 Å². The molecule has 0 aromatic heterocycles. The Kier molecular flexibility index (Phi) is 10.1. The summed E-state index contributed by atoms with van der Waals surface area (Å²) >= 11 is 12.8. The number of amides is 2. The summed E-state index contributed by atoms with van der Waals surface area (Å²) in [5.41, 5.74) is 1.82. The molecule has 2 aromatic carbocycles. The molecule has 5 nitrogen and oxygen atoms in total. The van der Waals surface area contributed by atoms with Crippen LogP contribution in [0.3, 0.4) is 0 Å². The predicted octanol–water partition coefficient (Wildman–Crippen LogP) is 6.33. The van der Waals surface area contributed by atoms with Crippen molar-refractivity contribution in [1.82, 2.24) is 10.2 Å². The summed E-state index contributed by atoms with van der Waals surface area (Å²) in [6.07, 6.45) is 5.54. The molecule has 1 saturated carbocycles. The maximum atomic E-state index is 13.4. The zero-order valence-electron chi connectivity index (χ0n) is 20.0. The Labute approximate surface area is 212 Å². The van der Waals surface area contributed by atoms with Crippen molar-refractivity contribution in [2.24, 2.45) is 0 Å². The van der Waals surface area contributed by atoms with Crippen LogP contribution >= 0.6 is 23.2 Å². The third-order valence-corrected chi connectivity index (χ3v) is 7.01. The molecular weight excluding hydrogens is 471 g/mol. The lowest BCUT2D eigenvalue weighted by Gasteiger charge is -2.32. The molecule has 1 atom stereocenters. The average Bonchev–Trinajstić information content (AvgIpc) is 3.32. The second-order valence-electron chi connectivity index (χ2n) is 8.90. The Morgan fingerprint density at radius 3 is 2.35 bits per heavy atom. The number of carbonyl (C=O) groups is 2. The van der Waals surface area contributed by atoms with Gasteiger partial charge in [-0.1, -0.05) is 66.7 Å². The van der Waals surface area contributed by atoms with Gasteiger partial charge in [-0.3, -0.25) is 9.59 Å². The molecule has 1 unspecified atom stereocenters. The topological polar surface area (TPSA) is 58.6 Å². The molecule has 1 aliphatic carbocycles. The minimum atomic E-state index is -0.585. The Morgan fingerprint density at radius 1 is 1.09 bits per heavy atom. The van der Waals surface area contributed by atoms with Crippen molar-refractivity contribution in [2.75, 3.05) is 6.61 Å². The monoisotopic (exact) mass is 504 g/mol. The van der Waals surface area contributed by atoms with Crippen molar-refractivity contribution in [3.63, 3.8) is 0 Å². The molecule has 2 aromatic rings. The van der Waals surface area contributed by atoms with Gasteiger partial charge in [-0.2, -0.15) is 0 Å². The van der Waals surface area contributed by atoms with Gasteiger partial charge in [-0.25, -0.2) is 0 Å². The number of rotatable bonds is 11. The molecule has 0 radical (unpaired) electrons. The molecule has 0 bridgehead atoms. The summed E-state index contributed by atoms with van der Waals surface area (Å²) in [5.74, 6) is 0.555. The number of nitrogens with one attached hydrogen (secondary N) is 1. The number of hydrogen-bond donors (Lipinski definition) is 1. The van der Waals surface area contributed by atoms with Gasteiger partial charge in [0.05, 0.1) is 6.61 Å². The average molecular weight is 505 g/mol. The number of nitrogens with zero attached hydrogens (tertiary/aromatic N) is 1. The van der Waals surface area contributed by atoms with Crippen LogP contribution in [0.4, 0.5) is 0 Å². The first-order chi connectivity index (χ1) is 16.4. The fourth-order valence-corrected chi connectivity index (χ4v) is 4.85. The second-order valence-corrected chi connectivity index (χ2v) is 9.72. The summed E-state index contributed by atoms with van der Waals surface area (Å²) in [4.78, 5) is 28.2. The molecule has 2 amide bonds. The maximum Gasteiger partial charge on any atom is 0.243 e. The van der Waals surface area contributed by atoms with Gasteiger partial charge < -0.3 is 15.0 Å². The Hall–Kier alpha value is -2.24. The van der Waals surface area contributed by atoms with Crippen molar-refractivity contribution in [3.05, 3.63) is 63.6 Å². The van der Waals surface area contributed by atoms with Gasteiger partial charge >= 0.3 is 0 Å². The van der Waals surface area contributed by atoms with E-state index in [0.717, 1.165) is 37.0 Å². The molecule has 7 heteroatoms. The smallest absolute Gasteiger partial charge is 0.243 e. The lowest BCUT2D eigenvalue weighted by atomic mass is 10.1. The minimum absolute atomic E-state index is 0.109. The van der Waals surface area contributed by atoms with Crippen molar-refractivity contribution in [3.8, 4) is 5.75 Å². The van der Waals surface area contributed by atoms with Gasteiger partial charge in [0.1, 0.15) is 11.8 Å². The van der Waals surface area contributed by atoms with Gasteiger partial charge in [0, 0.05) is 34.6 Å². The van der Waals surface area contributed by atoms with Crippen LogP contribution in [0.1, 0.15) is 63.0 Å². The van der Waals surface area contributed by atoms with Crippen LogP contribution in [-0.2, 0) is 16.1 Å². The predicted molar refractivity (Wildman–Crippen MR) is 137 cm³/mol. The van der Waals surface area contributed by atoms with Crippen LogP contribution in [0.2, 0.25) is 10.0 Å². The van der Waals surface area contributed by atoms with E-state index in [0.29, 0.717) is 35.1 Å². The molecule has 0 saturated heterocycles. The SMILES string of the molecule is CCC(C(=O)NC1CCCC1)N(Cc1c(Cl)cccc1Cl)C(=O)CCCOc1ccc(C)cc1. The summed E-state index contributed by atoms with van der Waals surface area (Å²) in [5, 5.41) is 4.12. The van der Waals surface area contributed by atoms with E-state index in [4.69, 9.17) is 27.9 Å². The number of carbonyl (C=O) groups excluding carboxylic acids is 2. The Balaban J connectivity index is 1.69. The molecule has 1 fully saturated rings. The molecule has 34 heavy (non-hydrogen) atoms. The van der Waals surface area contributed by atoms with E-state index in [-0.39, 0.29) is 30.8 Å². The molecule has 0 aliphatic heterocycles. The highest BCUT2D eigenvalue weighted by Gasteiger charge is 2.31. The first-order valence-electron chi connectivity index (χ1n) is 12.1. The molecule has 184 valence electrons. The van der Waals surface area contributed by atoms with Crippen LogP contribution in [0.15, 0.2) is 42.5 Å². The van der Waals surface area contributed by atoms with E-state index in [1.165, 1.54) is 0 Å². The van der Waals surface area contributed by atoms with Gasteiger partial charge in [0.15, 0.2) is 0 Å². The maximum absolute atomic E-state index is 13.4.